The van der Waals surface area contributed by atoms with Crippen molar-refractivity contribution < 1.29 is 13.5 Å². The Balaban J connectivity index is 2.40. The Bertz CT molecular complexity index is 615. The SMILES string of the molecule is CCCN(CC1CC1)S(=O)(=O)c1cc(CO)c(Cl)cc1Cl. The third-order valence-corrected chi connectivity index (χ3v) is 6.20. The first-order valence-corrected chi connectivity index (χ1v) is 9.18. The molecule has 7 heteroatoms. The molecular formula is C14H19Cl2NO3S. The lowest BCUT2D eigenvalue weighted by Crippen LogP contribution is -2.34. The molecule has 2 rings (SSSR count). The van der Waals surface area contributed by atoms with Gasteiger partial charge in [0, 0.05) is 18.1 Å². The molecule has 0 aromatic heterocycles. The van der Waals surface area contributed by atoms with Gasteiger partial charge in [-0.2, -0.15) is 4.31 Å². The molecule has 0 aliphatic heterocycles. The summed E-state index contributed by atoms with van der Waals surface area (Å²) in [6, 6.07) is 2.75. The van der Waals surface area contributed by atoms with Gasteiger partial charge < -0.3 is 5.11 Å². The third-order valence-electron chi connectivity index (χ3n) is 3.52. The fraction of sp³-hybridized carbons (Fsp3) is 0.571. The predicted molar refractivity (Wildman–Crippen MR) is 84.2 cm³/mol. The van der Waals surface area contributed by atoms with E-state index in [2.05, 4.69) is 0 Å². The van der Waals surface area contributed by atoms with Crippen LogP contribution in [0.5, 0.6) is 0 Å². The number of benzene rings is 1. The van der Waals surface area contributed by atoms with Gasteiger partial charge >= 0.3 is 0 Å². The van der Waals surface area contributed by atoms with Gasteiger partial charge in [-0.05, 0) is 42.9 Å². The summed E-state index contributed by atoms with van der Waals surface area (Å²) >= 11 is 12.0. The topological polar surface area (TPSA) is 57.6 Å². The van der Waals surface area contributed by atoms with E-state index in [9.17, 15) is 13.5 Å². The molecule has 0 spiro atoms. The molecule has 1 saturated carbocycles. The Kier molecular flexibility index (Phi) is 5.54. The van der Waals surface area contributed by atoms with Crippen LogP contribution in [0.3, 0.4) is 0 Å². The monoisotopic (exact) mass is 351 g/mol. The molecule has 0 amide bonds. The van der Waals surface area contributed by atoms with Crippen molar-refractivity contribution >= 4 is 33.2 Å². The summed E-state index contributed by atoms with van der Waals surface area (Å²) in [6.45, 7) is 2.61. The summed E-state index contributed by atoms with van der Waals surface area (Å²) in [5.41, 5.74) is 0.363. The Morgan fingerprint density at radius 1 is 1.29 bits per heavy atom. The molecule has 1 aromatic carbocycles. The van der Waals surface area contributed by atoms with Crippen molar-refractivity contribution in [3.63, 3.8) is 0 Å². The van der Waals surface area contributed by atoms with E-state index < -0.39 is 10.0 Å². The minimum atomic E-state index is -3.67. The number of sulfonamides is 1. The molecule has 118 valence electrons. The minimum absolute atomic E-state index is 0.0201. The predicted octanol–water partition coefficient (Wildman–Crippen LogP) is 3.30. The van der Waals surface area contributed by atoms with Gasteiger partial charge in [0.05, 0.1) is 11.6 Å². The zero-order valence-corrected chi connectivity index (χ0v) is 14.2. The molecular weight excluding hydrogens is 333 g/mol. The maximum Gasteiger partial charge on any atom is 0.244 e. The molecule has 1 aromatic rings. The lowest BCUT2D eigenvalue weighted by Gasteiger charge is -2.22. The fourth-order valence-corrected chi connectivity index (χ4v) is 4.62. The molecule has 1 aliphatic rings. The van der Waals surface area contributed by atoms with Crippen LogP contribution in [0, 0.1) is 5.92 Å². The number of hydrogen-bond acceptors (Lipinski definition) is 3. The third kappa shape index (κ3) is 3.90. The van der Waals surface area contributed by atoms with Crippen LogP contribution in [0.1, 0.15) is 31.7 Å². The Hall–Kier alpha value is -0.330. The van der Waals surface area contributed by atoms with E-state index in [-0.39, 0.29) is 21.5 Å². The normalized spacial score (nSPS) is 15.7. The number of aliphatic hydroxyl groups excluding tert-OH is 1. The van der Waals surface area contributed by atoms with E-state index in [1.54, 1.807) is 0 Å². The van der Waals surface area contributed by atoms with Crippen molar-refractivity contribution in [3.8, 4) is 0 Å². The molecule has 0 radical (unpaired) electrons. The molecule has 0 saturated heterocycles. The first-order valence-electron chi connectivity index (χ1n) is 6.99. The standard InChI is InChI=1S/C14H19Cl2NO3S/c1-2-5-17(8-10-3-4-10)21(19,20)14-6-11(9-18)12(15)7-13(14)16/h6-7,10,18H,2-5,8-9H2,1H3. The highest BCUT2D eigenvalue weighted by Gasteiger charge is 2.32. The summed E-state index contributed by atoms with van der Waals surface area (Å²) in [7, 11) is -3.67. The molecule has 4 nitrogen and oxygen atoms in total. The van der Waals surface area contributed by atoms with Gasteiger partial charge in [-0.3, -0.25) is 0 Å². The smallest absolute Gasteiger partial charge is 0.244 e. The van der Waals surface area contributed by atoms with Crippen LogP contribution in [0.4, 0.5) is 0 Å². The number of nitrogens with zero attached hydrogens (tertiary/aromatic N) is 1. The summed E-state index contributed by atoms with van der Waals surface area (Å²) in [5.74, 6) is 0.453. The number of aliphatic hydroxyl groups is 1. The van der Waals surface area contributed by atoms with Gasteiger partial charge in [-0.1, -0.05) is 30.1 Å². The fourth-order valence-electron chi connectivity index (χ4n) is 2.18. The van der Waals surface area contributed by atoms with Gasteiger partial charge in [-0.15, -0.1) is 0 Å². The second kappa shape index (κ2) is 6.84. The molecule has 0 atom stereocenters. The van der Waals surface area contributed by atoms with Crippen molar-refractivity contribution in [3.05, 3.63) is 27.7 Å². The quantitative estimate of drug-likeness (QED) is 0.819. The number of hydrogen-bond donors (Lipinski definition) is 1. The molecule has 0 heterocycles. The summed E-state index contributed by atoms with van der Waals surface area (Å²) in [4.78, 5) is 0.0201. The van der Waals surface area contributed by atoms with Crippen LogP contribution in [-0.2, 0) is 16.6 Å². The van der Waals surface area contributed by atoms with Crippen molar-refractivity contribution in [2.45, 2.75) is 37.7 Å². The van der Waals surface area contributed by atoms with Crippen molar-refractivity contribution in [1.82, 2.24) is 4.31 Å². The van der Waals surface area contributed by atoms with Crippen LogP contribution < -0.4 is 0 Å². The Morgan fingerprint density at radius 2 is 1.95 bits per heavy atom. The summed E-state index contributed by atoms with van der Waals surface area (Å²) < 4.78 is 27.1. The average molecular weight is 352 g/mol. The van der Waals surface area contributed by atoms with Crippen LogP contribution in [-0.4, -0.2) is 30.9 Å². The van der Waals surface area contributed by atoms with Gasteiger partial charge in [0.2, 0.25) is 10.0 Å². The van der Waals surface area contributed by atoms with Crippen molar-refractivity contribution in [1.29, 1.82) is 0 Å². The lowest BCUT2D eigenvalue weighted by molar-refractivity contribution is 0.281. The highest BCUT2D eigenvalue weighted by molar-refractivity contribution is 7.89. The van der Waals surface area contributed by atoms with Crippen LogP contribution >= 0.6 is 23.2 Å². The van der Waals surface area contributed by atoms with E-state index in [0.29, 0.717) is 24.6 Å². The number of rotatable bonds is 7. The van der Waals surface area contributed by atoms with Gasteiger partial charge in [0.15, 0.2) is 0 Å². The second-order valence-electron chi connectivity index (χ2n) is 5.34. The van der Waals surface area contributed by atoms with Crippen LogP contribution in [0.2, 0.25) is 10.0 Å². The zero-order valence-electron chi connectivity index (χ0n) is 11.8. The molecule has 1 N–H and O–H groups in total. The molecule has 0 unspecified atom stereocenters. The van der Waals surface area contributed by atoms with Crippen molar-refractivity contribution in [2.75, 3.05) is 13.1 Å². The van der Waals surface area contributed by atoms with Crippen LogP contribution in [0.25, 0.3) is 0 Å². The van der Waals surface area contributed by atoms with E-state index in [1.165, 1.54) is 16.4 Å². The number of halogens is 2. The van der Waals surface area contributed by atoms with E-state index in [4.69, 9.17) is 23.2 Å². The van der Waals surface area contributed by atoms with Crippen LogP contribution in [0.15, 0.2) is 17.0 Å². The zero-order chi connectivity index (χ0) is 15.6. The largest absolute Gasteiger partial charge is 0.392 e. The Labute approximate surface area is 135 Å². The van der Waals surface area contributed by atoms with E-state index in [0.717, 1.165) is 19.3 Å². The second-order valence-corrected chi connectivity index (χ2v) is 8.06. The molecule has 1 fully saturated rings. The minimum Gasteiger partial charge on any atom is -0.392 e. The first kappa shape index (κ1) is 17.0. The van der Waals surface area contributed by atoms with Gasteiger partial charge in [-0.25, -0.2) is 8.42 Å². The highest BCUT2D eigenvalue weighted by atomic mass is 35.5. The average Bonchev–Trinajstić information content (AvgIpc) is 3.22. The molecule has 21 heavy (non-hydrogen) atoms. The highest BCUT2D eigenvalue weighted by Crippen LogP contribution is 2.34. The van der Waals surface area contributed by atoms with Crippen molar-refractivity contribution in [2.24, 2.45) is 5.92 Å². The Morgan fingerprint density at radius 3 is 2.48 bits per heavy atom. The first-order chi connectivity index (χ1) is 9.90. The molecule has 1 aliphatic carbocycles. The maximum absolute atomic E-state index is 12.8. The molecule has 0 bridgehead atoms. The van der Waals surface area contributed by atoms with Gasteiger partial charge in [0.1, 0.15) is 4.90 Å². The maximum atomic E-state index is 12.8. The van der Waals surface area contributed by atoms with E-state index >= 15 is 0 Å². The van der Waals surface area contributed by atoms with Gasteiger partial charge in [0.25, 0.3) is 0 Å². The summed E-state index contributed by atoms with van der Waals surface area (Å²) in [5, 5.41) is 9.62. The lowest BCUT2D eigenvalue weighted by atomic mass is 10.2. The summed E-state index contributed by atoms with van der Waals surface area (Å²) in [6.07, 6.45) is 2.89. The van der Waals surface area contributed by atoms with E-state index in [1.807, 2.05) is 6.92 Å².